The first-order chi connectivity index (χ1) is 15.9. The molecule has 0 radical (unpaired) electrons. The van der Waals surface area contributed by atoms with Crippen molar-refractivity contribution in [3.8, 4) is 5.75 Å². The highest BCUT2D eigenvalue weighted by atomic mass is 16.5. The number of amides is 3. The predicted octanol–water partition coefficient (Wildman–Crippen LogP) is 4.46. The van der Waals surface area contributed by atoms with Crippen molar-refractivity contribution in [3.63, 3.8) is 0 Å². The van der Waals surface area contributed by atoms with Gasteiger partial charge in [0.25, 0.3) is 5.91 Å². The van der Waals surface area contributed by atoms with Crippen molar-refractivity contribution >= 4 is 11.9 Å². The Hall–Kier alpha value is -3.12. The zero-order chi connectivity index (χ0) is 23.4. The second-order valence-electron chi connectivity index (χ2n) is 9.21. The lowest BCUT2D eigenvalue weighted by molar-refractivity contribution is -0.136. The maximum absolute atomic E-state index is 13.8. The number of hydrogen-bond donors (Lipinski definition) is 0. The van der Waals surface area contributed by atoms with E-state index in [1.54, 1.807) is 7.11 Å². The molecule has 2 fully saturated rings. The van der Waals surface area contributed by atoms with Crippen LogP contribution in [-0.2, 0) is 17.9 Å². The number of piperidine rings is 1. The van der Waals surface area contributed by atoms with E-state index in [1.807, 2.05) is 55.2 Å². The molecule has 6 heteroatoms. The highest BCUT2D eigenvalue weighted by molar-refractivity contribution is 6.07. The van der Waals surface area contributed by atoms with Crippen molar-refractivity contribution < 1.29 is 14.3 Å². The number of rotatable bonds is 7. The van der Waals surface area contributed by atoms with Crippen LogP contribution < -0.4 is 4.74 Å². The Bertz CT molecular complexity index is 1020. The fourth-order valence-corrected chi connectivity index (χ4v) is 4.81. The molecule has 0 unspecified atom stereocenters. The van der Waals surface area contributed by atoms with Gasteiger partial charge < -0.3 is 9.64 Å². The van der Waals surface area contributed by atoms with Crippen LogP contribution in [-0.4, -0.2) is 58.9 Å². The molecule has 6 nitrogen and oxygen atoms in total. The molecule has 0 aromatic heterocycles. The fraction of sp³-hybridized carbons (Fsp3) is 0.407. The summed E-state index contributed by atoms with van der Waals surface area (Å²) in [5.41, 5.74) is 2.52. The molecule has 0 aliphatic carbocycles. The van der Waals surface area contributed by atoms with Gasteiger partial charge in [0.15, 0.2) is 0 Å². The zero-order valence-electron chi connectivity index (χ0n) is 19.8. The van der Waals surface area contributed by atoms with Crippen molar-refractivity contribution in [1.29, 1.82) is 0 Å². The monoisotopic (exact) mass is 447 g/mol. The summed E-state index contributed by atoms with van der Waals surface area (Å²) in [6.07, 6.45) is 3.34. The van der Waals surface area contributed by atoms with Crippen molar-refractivity contribution in [1.82, 2.24) is 14.7 Å². The van der Waals surface area contributed by atoms with Crippen molar-refractivity contribution in [3.05, 3.63) is 77.4 Å². The third-order valence-electron chi connectivity index (χ3n) is 6.71. The molecule has 0 atom stereocenters. The van der Waals surface area contributed by atoms with Crippen LogP contribution in [0.3, 0.4) is 0 Å². The third kappa shape index (κ3) is 4.81. The Labute approximate surface area is 196 Å². The molecule has 0 bridgehead atoms. The van der Waals surface area contributed by atoms with E-state index >= 15 is 0 Å². The summed E-state index contributed by atoms with van der Waals surface area (Å²) in [5.74, 6) is 0.647. The van der Waals surface area contributed by atoms with E-state index in [9.17, 15) is 9.59 Å². The first-order valence-electron chi connectivity index (χ1n) is 11.6. The highest BCUT2D eigenvalue weighted by Gasteiger charge is 2.57. The topological polar surface area (TPSA) is 53.1 Å². The minimum Gasteiger partial charge on any atom is -0.497 e. The van der Waals surface area contributed by atoms with Gasteiger partial charge >= 0.3 is 6.03 Å². The van der Waals surface area contributed by atoms with Crippen LogP contribution in [0.4, 0.5) is 4.79 Å². The van der Waals surface area contributed by atoms with Crippen LogP contribution in [0.25, 0.3) is 0 Å². The van der Waals surface area contributed by atoms with E-state index in [2.05, 4.69) is 29.2 Å². The summed E-state index contributed by atoms with van der Waals surface area (Å²) in [4.78, 5) is 32.9. The lowest BCUT2D eigenvalue weighted by atomic mass is 9.85. The van der Waals surface area contributed by atoms with Crippen molar-refractivity contribution in [2.24, 2.45) is 0 Å². The van der Waals surface area contributed by atoms with Crippen LogP contribution in [0, 0.1) is 0 Å². The molecule has 0 saturated carbocycles. The highest BCUT2D eigenvalue weighted by Crippen LogP contribution is 2.38. The predicted molar refractivity (Wildman–Crippen MR) is 129 cm³/mol. The zero-order valence-corrected chi connectivity index (χ0v) is 19.8. The average Bonchev–Trinajstić information content (AvgIpc) is 3.01. The molecule has 3 amide bonds. The largest absolute Gasteiger partial charge is 0.497 e. The van der Waals surface area contributed by atoms with Gasteiger partial charge in [-0.15, -0.1) is 0 Å². The third-order valence-corrected chi connectivity index (χ3v) is 6.71. The number of methoxy groups -OCH3 is 1. The van der Waals surface area contributed by atoms with Gasteiger partial charge in [-0.05, 0) is 49.9 Å². The summed E-state index contributed by atoms with van der Waals surface area (Å²) < 4.78 is 5.32. The smallest absolute Gasteiger partial charge is 0.328 e. The van der Waals surface area contributed by atoms with Crippen LogP contribution in [0.15, 0.2) is 66.2 Å². The number of hydrogen-bond acceptors (Lipinski definition) is 4. The molecule has 2 aliphatic heterocycles. The van der Waals surface area contributed by atoms with Gasteiger partial charge in [0, 0.05) is 26.2 Å². The van der Waals surface area contributed by atoms with Gasteiger partial charge in [0.2, 0.25) is 0 Å². The van der Waals surface area contributed by atoms with Crippen molar-refractivity contribution in [2.45, 2.75) is 45.3 Å². The first kappa shape index (κ1) is 23.1. The van der Waals surface area contributed by atoms with E-state index in [4.69, 9.17) is 4.74 Å². The number of urea groups is 1. The average molecular weight is 448 g/mol. The number of ether oxygens (including phenoxy) is 1. The molecule has 33 heavy (non-hydrogen) atoms. The van der Waals surface area contributed by atoms with E-state index in [0.29, 0.717) is 19.4 Å². The van der Waals surface area contributed by atoms with E-state index < -0.39 is 5.54 Å². The maximum Gasteiger partial charge on any atom is 0.328 e. The molecule has 174 valence electrons. The summed E-state index contributed by atoms with van der Waals surface area (Å²) in [6, 6.07) is 17.8. The Kier molecular flexibility index (Phi) is 6.84. The van der Waals surface area contributed by atoms with Gasteiger partial charge in [-0.1, -0.05) is 54.1 Å². The number of carbonyl (C=O) groups excluding carboxylic acids is 2. The number of allylic oxidation sites excluding steroid dienone is 1. The molecular formula is C27H33N3O3. The van der Waals surface area contributed by atoms with Crippen LogP contribution in [0.2, 0.25) is 0 Å². The summed E-state index contributed by atoms with van der Waals surface area (Å²) in [7, 11) is 1.62. The standard InChI is InChI=1S/C27H33N3O3/c1-21(2)12-15-30-26(32)29(20-23-10-7-11-24(18-23)33-3)25(31)27(30)13-16-28(17-14-27)19-22-8-5-4-6-9-22/h4-12,18H,13-17,19-20H2,1-3H3. The molecule has 1 spiro atoms. The van der Waals surface area contributed by atoms with Gasteiger partial charge in [0.05, 0.1) is 13.7 Å². The molecule has 2 aromatic rings. The number of carbonyl (C=O) groups is 2. The maximum atomic E-state index is 13.8. The molecular weight excluding hydrogens is 414 g/mol. The minimum atomic E-state index is -0.769. The SMILES string of the molecule is COc1cccc(CN2C(=O)N(CC=C(C)C)C3(CCN(Cc4ccccc4)CC3)C2=O)c1. The van der Waals surface area contributed by atoms with Gasteiger partial charge in [-0.3, -0.25) is 14.6 Å². The van der Waals surface area contributed by atoms with Crippen LogP contribution in [0.5, 0.6) is 5.75 Å². The summed E-state index contributed by atoms with van der Waals surface area (Å²) >= 11 is 0. The Morgan fingerprint density at radius 3 is 2.33 bits per heavy atom. The Balaban J connectivity index is 1.55. The quantitative estimate of drug-likeness (QED) is 0.465. The molecule has 2 aliphatic rings. The lowest BCUT2D eigenvalue weighted by Gasteiger charge is -2.42. The van der Waals surface area contributed by atoms with Crippen LogP contribution >= 0.6 is 0 Å². The normalized spacial score (nSPS) is 18.2. The molecule has 2 saturated heterocycles. The minimum absolute atomic E-state index is 0.0724. The second kappa shape index (κ2) is 9.79. The number of likely N-dealkylation sites (tertiary alicyclic amines) is 1. The van der Waals surface area contributed by atoms with Gasteiger partial charge in [-0.2, -0.15) is 0 Å². The summed E-state index contributed by atoms with van der Waals surface area (Å²) in [6.45, 7) is 7.19. The Morgan fingerprint density at radius 2 is 1.67 bits per heavy atom. The van der Waals surface area contributed by atoms with Gasteiger partial charge in [-0.25, -0.2) is 4.79 Å². The van der Waals surface area contributed by atoms with E-state index in [-0.39, 0.29) is 18.5 Å². The number of benzene rings is 2. The van der Waals surface area contributed by atoms with Gasteiger partial charge in [0.1, 0.15) is 11.3 Å². The number of nitrogens with zero attached hydrogens (tertiary/aromatic N) is 3. The molecule has 2 aromatic carbocycles. The van der Waals surface area contributed by atoms with Crippen molar-refractivity contribution in [2.75, 3.05) is 26.7 Å². The van der Waals surface area contributed by atoms with Crippen LogP contribution in [0.1, 0.15) is 37.8 Å². The number of imide groups is 1. The Morgan fingerprint density at radius 1 is 0.970 bits per heavy atom. The lowest BCUT2D eigenvalue weighted by Crippen LogP contribution is -2.56. The molecule has 0 N–H and O–H groups in total. The van der Waals surface area contributed by atoms with E-state index in [1.165, 1.54) is 10.5 Å². The fourth-order valence-electron chi connectivity index (χ4n) is 4.81. The van der Waals surface area contributed by atoms with E-state index in [0.717, 1.165) is 36.5 Å². The first-order valence-corrected chi connectivity index (χ1v) is 11.6. The molecule has 4 rings (SSSR count). The second-order valence-corrected chi connectivity index (χ2v) is 9.21. The molecule has 2 heterocycles. The summed E-state index contributed by atoms with van der Waals surface area (Å²) in [5, 5.41) is 0.